The fourth-order valence-electron chi connectivity index (χ4n) is 2.83. The quantitative estimate of drug-likeness (QED) is 0.846. The summed E-state index contributed by atoms with van der Waals surface area (Å²) in [6.45, 7) is 4.87. The Kier molecular flexibility index (Phi) is 5.46. The van der Waals surface area contributed by atoms with Crippen LogP contribution in [0.1, 0.15) is 63.1 Å². The largest absolute Gasteiger partial charge is 0.464 e. The highest BCUT2D eigenvalue weighted by atomic mass is 16.5. The highest BCUT2D eigenvalue weighted by Crippen LogP contribution is 2.28. The number of nitrogens with two attached hydrogens (primary N) is 1. The van der Waals surface area contributed by atoms with Gasteiger partial charge in [-0.05, 0) is 44.2 Å². The summed E-state index contributed by atoms with van der Waals surface area (Å²) in [7, 11) is 0. The van der Waals surface area contributed by atoms with Gasteiger partial charge in [0.1, 0.15) is 17.6 Å². The summed E-state index contributed by atoms with van der Waals surface area (Å²) >= 11 is 0. The summed E-state index contributed by atoms with van der Waals surface area (Å²) < 4.78 is 11.8. The van der Waals surface area contributed by atoms with Crippen LogP contribution in [0.5, 0.6) is 0 Å². The van der Waals surface area contributed by atoms with Gasteiger partial charge in [-0.25, -0.2) is 0 Å². The molecule has 0 aromatic carbocycles. The molecule has 0 saturated heterocycles. The summed E-state index contributed by atoms with van der Waals surface area (Å²) in [6.07, 6.45) is 7.47. The van der Waals surface area contributed by atoms with Crippen molar-refractivity contribution in [3.8, 4) is 0 Å². The highest BCUT2D eigenvalue weighted by Gasteiger charge is 2.24. The lowest BCUT2D eigenvalue weighted by Crippen LogP contribution is -2.31. The van der Waals surface area contributed by atoms with Gasteiger partial charge >= 0.3 is 0 Å². The molecule has 2 atom stereocenters. The minimum atomic E-state index is -0.0966. The Morgan fingerprint density at radius 1 is 1.32 bits per heavy atom. The van der Waals surface area contributed by atoms with Gasteiger partial charge < -0.3 is 14.9 Å². The molecular weight excluding hydrogens is 238 g/mol. The Morgan fingerprint density at radius 3 is 2.63 bits per heavy atom. The SMILES string of the molecule is CCC(N)C(OCC1CCCCC1)c1ccc(C)o1. The predicted molar refractivity (Wildman–Crippen MR) is 77.0 cm³/mol. The molecule has 2 rings (SSSR count). The van der Waals surface area contributed by atoms with Gasteiger partial charge in [0, 0.05) is 6.04 Å². The van der Waals surface area contributed by atoms with E-state index in [1.807, 2.05) is 19.1 Å². The van der Waals surface area contributed by atoms with Gasteiger partial charge in [-0.3, -0.25) is 0 Å². The monoisotopic (exact) mass is 265 g/mol. The fraction of sp³-hybridized carbons (Fsp3) is 0.750. The zero-order chi connectivity index (χ0) is 13.7. The van der Waals surface area contributed by atoms with Gasteiger partial charge in [0.15, 0.2) is 0 Å². The molecule has 1 heterocycles. The van der Waals surface area contributed by atoms with Crippen molar-refractivity contribution in [1.29, 1.82) is 0 Å². The van der Waals surface area contributed by atoms with Crippen LogP contribution in [0.15, 0.2) is 16.5 Å². The smallest absolute Gasteiger partial charge is 0.134 e. The molecule has 0 bridgehead atoms. The number of hydrogen-bond acceptors (Lipinski definition) is 3. The van der Waals surface area contributed by atoms with Gasteiger partial charge in [0.25, 0.3) is 0 Å². The summed E-state index contributed by atoms with van der Waals surface area (Å²) in [5.41, 5.74) is 6.19. The van der Waals surface area contributed by atoms with Crippen molar-refractivity contribution in [2.45, 2.75) is 64.5 Å². The molecule has 1 aromatic heterocycles. The van der Waals surface area contributed by atoms with E-state index in [1.54, 1.807) is 0 Å². The number of furan rings is 1. The first-order chi connectivity index (χ1) is 9.20. The Balaban J connectivity index is 1.93. The molecule has 0 spiro atoms. The molecule has 1 saturated carbocycles. The van der Waals surface area contributed by atoms with Gasteiger partial charge in [-0.1, -0.05) is 26.2 Å². The lowest BCUT2D eigenvalue weighted by molar-refractivity contribution is -0.00755. The molecule has 0 radical (unpaired) electrons. The van der Waals surface area contributed by atoms with E-state index in [1.165, 1.54) is 32.1 Å². The standard InChI is InChI=1S/C16H27NO2/c1-3-14(17)16(15-10-9-12(2)19-15)18-11-13-7-5-4-6-8-13/h9-10,13-14,16H,3-8,11,17H2,1-2H3. The molecule has 1 aromatic rings. The van der Waals surface area contributed by atoms with Crippen LogP contribution < -0.4 is 5.73 Å². The first-order valence-corrected chi connectivity index (χ1v) is 7.64. The van der Waals surface area contributed by atoms with Crippen molar-refractivity contribution in [3.05, 3.63) is 23.7 Å². The summed E-state index contributed by atoms with van der Waals surface area (Å²) in [4.78, 5) is 0. The highest BCUT2D eigenvalue weighted by molar-refractivity contribution is 5.10. The first-order valence-electron chi connectivity index (χ1n) is 7.64. The summed E-state index contributed by atoms with van der Waals surface area (Å²) in [6, 6.07) is 3.99. The van der Waals surface area contributed by atoms with E-state index in [0.29, 0.717) is 5.92 Å². The summed E-state index contributed by atoms with van der Waals surface area (Å²) in [5, 5.41) is 0. The molecule has 2 N–H and O–H groups in total. The average molecular weight is 265 g/mol. The summed E-state index contributed by atoms with van der Waals surface area (Å²) in [5.74, 6) is 2.50. The minimum Gasteiger partial charge on any atom is -0.464 e. The van der Waals surface area contributed by atoms with E-state index in [4.69, 9.17) is 14.9 Å². The maximum absolute atomic E-state index is 6.19. The molecular formula is C16H27NO2. The van der Waals surface area contributed by atoms with Gasteiger partial charge in [-0.2, -0.15) is 0 Å². The van der Waals surface area contributed by atoms with E-state index < -0.39 is 0 Å². The Hall–Kier alpha value is -0.800. The Morgan fingerprint density at radius 2 is 2.05 bits per heavy atom. The minimum absolute atomic E-state index is 0.00846. The fourth-order valence-corrected chi connectivity index (χ4v) is 2.83. The molecule has 19 heavy (non-hydrogen) atoms. The van der Waals surface area contributed by atoms with Crippen LogP contribution >= 0.6 is 0 Å². The predicted octanol–water partition coefficient (Wildman–Crippen LogP) is 3.96. The molecule has 1 aliphatic rings. The van der Waals surface area contributed by atoms with Gasteiger partial charge in [0.05, 0.1) is 6.61 Å². The molecule has 0 amide bonds. The van der Waals surface area contributed by atoms with E-state index >= 15 is 0 Å². The third kappa shape index (κ3) is 4.08. The van der Waals surface area contributed by atoms with Crippen LogP contribution in [0, 0.1) is 12.8 Å². The maximum Gasteiger partial charge on any atom is 0.134 e. The normalized spacial score (nSPS) is 20.4. The van der Waals surface area contributed by atoms with Crippen LogP contribution in [0.2, 0.25) is 0 Å². The van der Waals surface area contributed by atoms with Crippen LogP contribution in [0.25, 0.3) is 0 Å². The molecule has 3 heteroatoms. The number of rotatable bonds is 6. The molecule has 2 unspecified atom stereocenters. The third-order valence-corrected chi connectivity index (χ3v) is 4.14. The lowest BCUT2D eigenvalue weighted by Gasteiger charge is -2.26. The van der Waals surface area contributed by atoms with E-state index in [2.05, 4.69) is 6.92 Å². The van der Waals surface area contributed by atoms with Gasteiger partial charge in [-0.15, -0.1) is 0 Å². The number of hydrogen-bond donors (Lipinski definition) is 1. The Bertz CT molecular complexity index is 369. The van der Waals surface area contributed by atoms with Crippen molar-refractivity contribution in [3.63, 3.8) is 0 Å². The van der Waals surface area contributed by atoms with Crippen LogP contribution in [0.4, 0.5) is 0 Å². The lowest BCUT2D eigenvalue weighted by atomic mass is 9.90. The second kappa shape index (κ2) is 7.11. The molecule has 0 aliphatic heterocycles. The van der Waals surface area contributed by atoms with E-state index in [9.17, 15) is 0 Å². The number of aryl methyl sites for hydroxylation is 1. The molecule has 3 nitrogen and oxygen atoms in total. The topological polar surface area (TPSA) is 48.4 Å². The second-order valence-electron chi connectivity index (χ2n) is 5.78. The van der Waals surface area contributed by atoms with E-state index in [-0.39, 0.29) is 12.1 Å². The van der Waals surface area contributed by atoms with Gasteiger partial charge in [0.2, 0.25) is 0 Å². The van der Waals surface area contributed by atoms with Crippen LogP contribution in [0.3, 0.4) is 0 Å². The van der Waals surface area contributed by atoms with Crippen molar-refractivity contribution < 1.29 is 9.15 Å². The average Bonchev–Trinajstić information content (AvgIpc) is 2.86. The number of ether oxygens (including phenoxy) is 1. The van der Waals surface area contributed by atoms with Crippen LogP contribution in [-0.4, -0.2) is 12.6 Å². The van der Waals surface area contributed by atoms with Crippen molar-refractivity contribution in [2.75, 3.05) is 6.61 Å². The maximum atomic E-state index is 6.19. The zero-order valence-corrected chi connectivity index (χ0v) is 12.2. The first kappa shape index (κ1) is 14.6. The molecule has 108 valence electrons. The second-order valence-corrected chi connectivity index (χ2v) is 5.78. The molecule has 1 fully saturated rings. The Labute approximate surface area is 116 Å². The van der Waals surface area contributed by atoms with Crippen molar-refractivity contribution in [2.24, 2.45) is 11.7 Å². The van der Waals surface area contributed by atoms with Crippen molar-refractivity contribution in [1.82, 2.24) is 0 Å². The third-order valence-electron chi connectivity index (χ3n) is 4.14. The zero-order valence-electron chi connectivity index (χ0n) is 12.2. The van der Waals surface area contributed by atoms with Crippen LogP contribution in [-0.2, 0) is 4.74 Å². The molecule has 1 aliphatic carbocycles. The van der Waals surface area contributed by atoms with E-state index in [0.717, 1.165) is 24.5 Å². The van der Waals surface area contributed by atoms with Crippen molar-refractivity contribution >= 4 is 0 Å².